The summed E-state index contributed by atoms with van der Waals surface area (Å²) < 4.78 is 18.7. The summed E-state index contributed by atoms with van der Waals surface area (Å²) in [5, 5.41) is 10.9. The summed E-state index contributed by atoms with van der Waals surface area (Å²) in [6, 6.07) is 6.71. The van der Waals surface area contributed by atoms with Crippen LogP contribution < -0.4 is 0 Å². The van der Waals surface area contributed by atoms with Gasteiger partial charge in [0.25, 0.3) is 11.7 Å². The highest BCUT2D eigenvalue weighted by Gasteiger charge is 2.45. The Kier molecular flexibility index (Phi) is 5.84. The van der Waals surface area contributed by atoms with Crippen LogP contribution in [0.3, 0.4) is 0 Å². The Morgan fingerprint density at radius 1 is 1.25 bits per heavy atom. The lowest BCUT2D eigenvalue weighted by atomic mass is 9.95. The fraction of sp³-hybridized carbons (Fsp3) is 0.286. The van der Waals surface area contributed by atoms with Crippen molar-refractivity contribution in [2.24, 2.45) is 0 Å². The Morgan fingerprint density at radius 2 is 1.96 bits per heavy atom. The molecular formula is C21H21FN2O4. The maximum absolute atomic E-state index is 13.6. The van der Waals surface area contributed by atoms with Gasteiger partial charge in [0.1, 0.15) is 11.6 Å². The minimum Gasteiger partial charge on any atom is -0.507 e. The van der Waals surface area contributed by atoms with Gasteiger partial charge in [0.15, 0.2) is 0 Å². The molecule has 0 aliphatic carbocycles. The van der Waals surface area contributed by atoms with E-state index in [1.54, 1.807) is 38.6 Å². The van der Waals surface area contributed by atoms with Crippen LogP contribution in [0.2, 0.25) is 0 Å². The lowest BCUT2D eigenvalue weighted by Gasteiger charge is -2.25. The SMILES string of the molecule is COCCCN1C(=O)C(=O)/C(=C(\O)c2ccc(F)c(C)c2)C1c1ccncc1. The van der Waals surface area contributed by atoms with Gasteiger partial charge in [-0.3, -0.25) is 14.6 Å². The molecule has 1 aromatic heterocycles. The third-order valence-electron chi connectivity index (χ3n) is 4.74. The van der Waals surface area contributed by atoms with Crippen LogP contribution in [0, 0.1) is 12.7 Å². The van der Waals surface area contributed by atoms with Crippen LogP contribution in [-0.4, -0.2) is 46.9 Å². The number of likely N-dealkylation sites (tertiary alicyclic amines) is 1. The smallest absolute Gasteiger partial charge is 0.295 e. The van der Waals surface area contributed by atoms with Gasteiger partial charge in [-0.1, -0.05) is 0 Å². The van der Waals surface area contributed by atoms with E-state index >= 15 is 0 Å². The number of carbonyl (C=O) groups excluding carboxylic acids is 2. The van der Waals surface area contributed by atoms with Gasteiger partial charge in [-0.25, -0.2) is 4.39 Å². The number of aliphatic hydroxyl groups excluding tert-OH is 1. The van der Waals surface area contributed by atoms with Crippen molar-refractivity contribution < 1.29 is 23.8 Å². The van der Waals surface area contributed by atoms with Gasteiger partial charge < -0.3 is 14.7 Å². The molecular weight excluding hydrogens is 363 g/mol. The normalized spacial score (nSPS) is 18.7. The molecule has 1 aliphatic rings. The molecule has 1 aliphatic heterocycles. The topological polar surface area (TPSA) is 79.7 Å². The summed E-state index contributed by atoms with van der Waals surface area (Å²) in [6.07, 6.45) is 3.67. The zero-order valence-electron chi connectivity index (χ0n) is 15.7. The summed E-state index contributed by atoms with van der Waals surface area (Å²) in [5.74, 6) is -2.18. The molecule has 1 atom stereocenters. The fourth-order valence-corrected chi connectivity index (χ4v) is 3.33. The monoisotopic (exact) mass is 384 g/mol. The second-order valence-electron chi connectivity index (χ2n) is 6.58. The molecule has 0 bridgehead atoms. The molecule has 28 heavy (non-hydrogen) atoms. The molecule has 0 spiro atoms. The van der Waals surface area contributed by atoms with E-state index in [2.05, 4.69) is 4.98 Å². The predicted octanol–water partition coefficient (Wildman–Crippen LogP) is 2.99. The second-order valence-corrected chi connectivity index (χ2v) is 6.58. The van der Waals surface area contributed by atoms with Gasteiger partial charge >= 0.3 is 0 Å². The highest BCUT2D eigenvalue weighted by molar-refractivity contribution is 6.46. The van der Waals surface area contributed by atoms with Crippen LogP contribution >= 0.6 is 0 Å². The van der Waals surface area contributed by atoms with Gasteiger partial charge in [-0.05, 0) is 54.8 Å². The van der Waals surface area contributed by atoms with E-state index in [0.29, 0.717) is 30.7 Å². The lowest BCUT2D eigenvalue weighted by molar-refractivity contribution is -0.140. The second kappa shape index (κ2) is 8.31. The van der Waals surface area contributed by atoms with Gasteiger partial charge in [-0.15, -0.1) is 0 Å². The van der Waals surface area contributed by atoms with Crippen molar-refractivity contribution in [3.63, 3.8) is 0 Å². The zero-order valence-corrected chi connectivity index (χ0v) is 15.7. The lowest BCUT2D eigenvalue weighted by Crippen LogP contribution is -2.31. The van der Waals surface area contributed by atoms with Crippen LogP contribution in [0.4, 0.5) is 4.39 Å². The molecule has 1 aromatic carbocycles. The molecule has 1 unspecified atom stereocenters. The maximum Gasteiger partial charge on any atom is 0.295 e. The molecule has 0 radical (unpaired) electrons. The number of rotatable bonds is 6. The Bertz CT molecular complexity index is 927. The van der Waals surface area contributed by atoms with Crippen molar-refractivity contribution in [1.82, 2.24) is 9.88 Å². The number of pyridine rings is 1. The first-order valence-corrected chi connectivity index (χ1v) is 8.89. The predicted molar refractivity (Wildman–Crippen MR) is 101 cm³/mol. The minimum atomic E-state index is -0.765. The van der Waals surface area contributed by atoms with E-state index < -0.39 is 23.5 Å². The first kappa shape index (κ1) is 19.7. The zero-order chi connectivity index (χ0) is 20.3. The van der Waals surface area contributed by atoms with Crippen LogP contribution in [0.15, 0.2) is 48.3 Å². The van der Waals surface area contributed by atoms with Gasteiger partial charge in [-0.2, -0.15) is 0 Å². The molecule has 0 saturated carbocycles. The number of aliphatic hydroxyl groups is 1. The highest BCUT2D eigenvalue weighted by atomic mass is 19.1. The molecule has 146 valence electrons. The molecule has 6 nitrogen and oxygen atoms in total. The van der Waals surface area contributed by atoms with Crippen LogP contribution in [0.5, 0.6) is 0 Å². The number of halogens is 1. The van der Waals surface area contributed by atoms with Crippen molar-refractivity contribution in [3.8, 4) is 0 Å². The fourth-order valence-electron chi connectivity index (χ4n) is 3.33. The Morgan fingerprint density at radius 3 is 2.61 bits per heavy atom. The van der Waals surface area contributed by atoms with E-state index in [0.717, 1.165) is 0 Å². The van der Waals surface area contributed by atoms with Crippen molar-refractivity contribution in [1.29, 1.82) is 0 Å². The number of amides is 1. The van der Waals surface area contributed by atoms with E-state index in [9.17, 15) is 19.1 Å². The van der Waals surface area contributed by atoms with Crippen molar-refractivity contribution >= 4 is 17.4 Å². The maximum atomic E-state index is 13.6. The average Bonchev–Trinajstić information content (AvgIpc) is 2.95. The number of hydrogen-bond donors (Lipinski definition) is 1. The molecule has 1 fully saturated rings. The van der Waals surface area contributed by atoms with Crippen LogP contribution in [0.25, 0.3) is 5.76 Å². The number of hydrogen-bond acceptors (Lipinski definition) is 5. The van der Waals surface area contributed by atoms with Crippen molar-refractivity contribution in [2.45, 2.75) is 19.4 Å². The minimum absolute atomic E-state index is 0.0142. The molecule has 3 rings (SSSR count). The van der Waals surface area contributed by atoms with Crippen LogP contribution in [0.1, 0.15) is 29.2 Å². The summed E-state index contributed by atoms with van der Waals surface area (Å²) in [6.45, 7) is 2.30. The summed E-state index contributed by atoms with van der Waals surface area (Å²) in [4.78, 5) is 30.8. The molecule has 1 N–H and O–H groups in total. The molecule has 7 heteroatoms. The number of ketones is 1. The number of carbonyl (C=O) groups is 2. The van der Waals surface area contributed by atoms with E-state index in [1.807, 2.05) is 0 Å². The van der Waals surface area contributed by atoms with Crippen molar-refractivity contribution in [3.05, 3.63) is 70.8 Å². The number of methoxy groups -OCH3 is 1. The number of aryl methyl sites for hydroxylation is 1. The number of aromatic nitrogens is 1. The first-order chi connectivity index (χ1) is 13.5. The number of nitrogens with zero attached hydrogens (tertiary/aromatic N) is 2. The molecule has 2 aromatic rings. The standard InChI is InChI=1S/C21H21FN2O4/c1-13-12-15(4-5-16(13)22)19(25)17-18(14-6-8-23-9-7-14)24(10-3-11-28-2)21(27)20(17)26/h4-9,12,18,25H,3,10-11H2,1-2H3/b19-17-. The third kappa shape index (κ3) is 3.66. The van der Waals surface area contributed by atoms with E-state index in [1.165, 1.54) is 23.1 Å². The molecule has 1 saturated heterocycles. The number of ether oxygens (including phenoxy) is 1. The number of benzene rings is 1. The summed E-state index contributed by atoms with van der Waals surface area (Å²) >= 11 is 0. The highest BCUT2D eigenvalue weighted by Crippen LogP contribution is 2.39. The Balaban J connectivity index is 2.12. The average molecular weight is 384 g/mol. The van der Waals surface area contributed by atoms with E-state index in [-0.39, 0.29) is 16.9 Å². The summed E-state index contributed by atoms with van der Waals surface area (Å²) in [7, 11) is 1.56. The Labute approximate surface area is 162 Å². The molecule has 2 heterocycles. The quantitative estimate of drug-likeness (QED) is 0.358. The largest absolute Gasteiger partial charge is 0.507 e. The van der Waals surface area contributed by atoms with Gasteiger partial charge in [0, 0.05) is 38.2 Å². The first-order valence-electron chi connectivity index (χ1n) is 8.89. The molecule has 1 amide bonds. The van der Waals surface area contributed by atoms with E-state index in [4.69, 9.17) is 4.74 Å². The number of Topliss-reactive ketones (excluding diaryl/α,β-unsaturated/α-hetero) is 1. The summed E-state index contributed by atoms with van der Waals surface area (Å²) in [5.41, 5.74) is 1.26. The van der Waals surface area contributed by atoms with Gasteiger partial charge in [0.05, 0.1) is 11.6 Å². The third-order valence-corrected chi connectivity index (χ3v) is 4.74. The van der Waals surface area contributed by atoms with Crippen molar-refractivity contribution in [2.75, 3.05) is 20.3 Å². The van der Waals surface area contributed by atoms with Crippen LogP contribution in [-0.2, 0) is 14.3 Å². The van der Waals surface area contributed by atoms with Gasteiger partial charge in [0.2, 0.25) is 0 Å². The Hall–Kier alpha value is -3.06.